The Hall–Kier alpha value is -2.81. The van der Waals surface area contributed by atoms with Crippen LogP contribution in [0.5, 0.6) is 0 Å². The minimum atomic E-state index is -3.99. The molecule has 0 bridgehead atoms. The predicted octanol–water partition coefficient (Wildman–Crippen LogP) is 4.41. The standard InChI is InChI=1S/C22H20ClN3O3S2/c1-30-20-11-7-17(8-12-20)15-24-25-22(27)16-26(19-5-3-2-4-6-19)31(28,29)21-13-9-18(23)10-14-21/h2-15H,16H2,1H3,(H,25,27)/b24-15-. The lowest BCUT2D eigenvalue weighted by Crippen LogP contribution is -2.39. The summed E-state index contributed by atoms with van der Waals surface area (Å²) in [6.45, 7) is -0.433. The molecule has 1 amide bonds. The highest BCUT2D eigenvalue weighted by Gasteiger charge is 2.27. The number of carbonyl (C=O) groups is 1. The van der Waals surface area contributed by atoms with Crippen LogP contribution in [0.4, 0.5) is 5.69 Å². The Balaban J connectivity index is 1.77. The average Bonchev–Trinajstić information content (AvgIpc) is 2.78. The van der Waals surface area contributed by atoms with Crippen LogP contribution < -0.4 is 9.73 Å². The summed E-state index contributed by atoms with van der Waals surface area (Å²) in [6.07, 6.45) is 3.49. The molecular formula is C22H20ClN3O3S2. The van der Waals surface area contributed by atoms with E-state index in [-0.39, 0.29) is 4.90 Å². The van der Waals surface area contributed by atoms with Crippen molar-refractivity contribution in [3.8, 4) is 0 Å². The molecule has 0 unspecified atom stereocenters. The van der Waals surface area contributed by atoms with Crippen LogP contribution in [0.3, 0.4) is 0 Å². The van der Waals surface area contributed by atoms with Gasteiger partial charge in [0.15, 0.2) is 0 Å². The number of hydrogen-bond acceptors (Lipinski definition) is 5. The van der Waals surface area contributed by atoms with Crippen molar-refractivity contribution >= 4 is 51.2 Å². The molecular weight excluding hydrogens is 454 g/mol. The molecule has 6 nitrogen and oxygen atoms in total. The molecule has 160 valence electrons. The molecule has 9 heteroatoms. The highest BCUT2D eigenvalue weighted by atomic mass is 35.5. The molecule has 1 N–H and O–H groups in total. The summed E-state index contributed by atoms with van der Waals surface area (Å²) in [5.41, 5.74) is 3.57. The Morgan fingerprint density at radius 3 is 2.29 bits per heavy atom. The molecule has 3 rings (SSSR count). The third-order valence-electron chi connectivity index (χ3n) is 4.25. The minimum absolute atomic E-state index is 0.0333. The number of anilines is 1. The topological polar surface area (TPSA) is 78.8 Å². The monoisotopic (exact) mass is 473 g/mol. The maximum atomic E-state index is 13.2. The van der Waals surface area contributed by atoms with Crippen molar-refractivity contribution in [3.05, 3.63) is 89.4 Å². The Labute approximate surface area is 191 Å². The van der Waals surface area contributed by atoms with Gasteiger partial charge in [-0.1, -0.05) is 41.9 Å². The molecule has 0 radical (unpaired) electrons. The van der Waals surface area contributed by atoms with E-state index in [1.165, 1.54) is 30.5 Å². The molecule has 0 aliphatic rings. The van der Waals surface area contributed by atoms with Gasteiger partial charge in [-0.15, -0.1) is 11.8 Å². The molecule has 0 aliphatic carbocycles. The van der Waals surface area contributed by atoms with Crippen LogP contribution in [0.15, 0.2) is 93.8 Å². The number of sulfonamides is 1. The van der Waals surface area contributed by atoms with E-state index < -0.39 is 22.5 Å². The lowest BCUT2D eigenvalue weighted by atomic mass is 10.2. The fourth-order valence-electron chi connectivity index (χ4n) is 2.68. The molecule has 0 spiro atoms. The number of thioether (sulfide) groups is 1. The maximum Gasteiger partial charge on any atom is 0.264 e. The number of rotatable bonds is 8. The predicted molar refractivity (Wildman–Crippen MR) is 126 cm³/mol. The molecule has 0 saturated heterocycles. The third kappa shape index (κ3) is 6.10. The van der Waals surface area contributed by atoms with E-state index in [0.29, 0.717) is 10.7 Å². The van der Waals surface area contributed by atoms with E-state index in [9.17, 15) is 13.2 Å². The van der Waals surface area contributed by atoms with E-state index in [1.807, 2.05) is 30.5 Å². The van der Waals surface area contributed by atoms with Crippen molar-refractivity contribution in [1.82, 2.24) is 5.43 Å². The summed E-state index contributed by atoms with van der Waals surface area (Å²) < 4.78 is 27.4. The Morgan fingerprint density at radius 1 is 1.03 bits per heavy atom. The summed E-state index contributed by atoms with van der Waals surface area (Å²) in [6, 6.07) is 21.9. The van der Waals surface area contributed by atoms with Crippen molar-refractivity contribution in [3.63, 3.8) is 0 Å². The second-order valence-corrected chi connectivity index (χ2v) is 9.55. The smallest absolute Gasteiger partial charge is 0.264 e. The van der Waals surface area contributed by atoms with Crippen molar-refractivity contribution in [2.75, 3.05) is 17.1 Å². The van der Waals surface area contributed by atoms with Crippen LogP contribution in [0.2, 0.25) is 5.02 Å². The quantitative estimate of drug-likeness (QED) is 0.298. The highest BCUT2D eigenvalue weighted by Crippen LogP contribution is 2.24. The molecule has 0 atom stereocenters. The summed E-state index contributed by atoms with van der Waals surface area (Å²) >= 11 is 7.51. The second-order valence-electron chi connectivity index (χ2n) is 6.37. The van der Waals surface area contributed by atoms with Crippen molar-refractivity contribution in [1.29, 1.82) is 0 Å². The number of amides is 1. The number of nitrogens with zero attached hydrogens (tertiary/aromatic N) is 2. The van der Waals surface area contributed by atoms with Gasteiger partial charge in [-0.05, 0) is 60.4 Å². The Morgan fingerprint density at radius 2 is 1.68 bits per heavy atom. The third-order valence-corrected chi connectivity index (χ3v) is 7.04. The van der Waals surface area contributed by atoms with Crippen LogP contribution in [0.1, 0.15) is 5.56 Å². The molecule has 31 heavy (non-hydrogen) atoms. The molecule has 0 fully saturated rings. The van der Waals surface area contributed by atoms with E-state index in [4.69, 9.17) is 11.6 Å². The first-order valence-electron chi connectivity index (χ1n) is 9.19. The summed E-state index contributed by atoms with van der Waals surface area (Å²) in [5.74, 6) is -0.571. The number of nitrogens with one attached hydrogen (secondary N) is 1. The van der Waals surface area contributed by atoms with E-state index in [2.05, 4.69) is 10.5 Å². The van der Waals surface area contributed by atoms with Gasteiger partial charge < -0.3 is 0 Å². The number of hydrogen-bond donors (Lipinski definition) is 1. The number of para-hydroxylation sites is 1. The fraction of sp³-hybridized carbons (Fsp3) is 0.0909. The zero-order valence-electron chi connectivity index (χ0n) is 16.6. The molecule has 0 heterocycles. The number of carbonyl (C=O) groups excluding carboxylic acids is 1. The van der Waals surface area contributed by atoms with Crippen molar-refractivity contribution in [2.24, 2.45) is 5.10 Å². The lowest BCUT2D eigenvalue weighted by Gasteiger charge is -2.23. The van der Waals surface area contributed by atoms with Gasteiger partial charge in [0, 0.05) is 9.92 Å². The van der Waals surface area contributed by atoms with Gasteiger partial charge in [-0.3, -0.25) is 9.10 Å². The molecule has 0 aromatic heterocycles. The van der Waals surface area contributed by atoms with Crippen LogP contribution in [-0.2, 0) is 14.8 Å². The normalized spacial score (nSPS) is 11.4. The first-order valence-corrected chi connectivity index (χ1v) is 12.2. The second kappa shape index (κ2) is 10.5. The van der Waals surface area contributed by atoms with Crippen LogP contribution in [0.25, 0.3) is 0 Å². The zero-order valence-corrected chi connectivity index (χ0v) is 19.0. The Kier molecular flexibility index (Phi) is 7.73. The SMILES string of the molecule is CSc1ccc(/C=N\NC(=O)CN(c2ccccc2)S(=O)(=O)c2ccc(Cl)cc2)cc1. The van der Waals surface area contributed by atoms with Gasteiger partial charge in [0.2, 0.25) is 0 Å². The van der Waals surface area contributed by atoms with Crippen molar-refractivity contribution < 1.29 is 13.2 Å². The number of halogens is 1. The zero-order chi connectivity index (χ0) is 22.3. The Bertz CT molecular complexity index is 1150. The summed E-state index contributed by atoms with van der Waals surface area (Å²) in [4.78, 5) is 13.6. The van der Waals surface area contributed by atoms with Gasteiger partial charge in [0.05, 0.1) is 16.8 Å². The molecule has 0 saturated carbocycles. The van der Waals surface area contributed by atoms with Gasteiger partial charge in [0.25, 0.3) is 15.9 Å². The first kappa shape index (κ1) is 22.9. The molecule has 3 aromatic rings. The maximum absolute atomic E-state index is 13.2. The van der Waals surface area contributed by atoms with Gasteiger partial charge >= 0.3 is 0 Å². The summed E-state index contributed by atoms with van der Waals surface area (Å²) in [5, 5.41) is 4.36. The van der Waals surface area contributed by atoms with Crippen LogP contribution in [-0.4, -0.2) is 33.3 Å². The van der Waals surface area contributed by atoms with Crippen molar-refractivity contribution in [2.45, 2.75) is 9.79 Å². The largest absolute Gasteiger partial charge is 0.271 e. The first-order chi connectivity index (χ1) is 14.9. The van der Waals surface area contributed by atoms with E-state index in [1.54, 1.807) is 42.1 Å². The highest BCUT2D eigenvalue weighted by molar-refractivity contribution is 7.98. The number of benzene rings is 3. The van der Waals surface area contributed by atoms with Crippen LogP contribution >= 0.6 is 23.4 Å². The minimum Gasteiger partial charge on any atom is -0.271 e. The molecule has 0 aliphatic heterocycles. The van der Waals surface area contributed by atoms with E-state index in [0.717, 1.165) is 14.8 Å². The van der Waals surface area contributed by atoms with Gasteiger partial charge in [-0.25, -0.2) is 13.8 Å². The van der Waals surface area contributed by atoms with Gasteiger partial charge in [-0.2, -0.15) is 5.10 Å². The number of hydrazone groups is 1. The average molecular weight is 474 g/mol. The van der Waals surface area contributed by atoms with Crippen LogP contribution in [0, 0.1) is 0 Å². The fourth-order valence-corrected chi connectivity index (χ4v) is 4.63. The van der Waals surface area contributed by atoms with Gasteiger partial charge in [0.1, 0.15) is 6.54 Å². The lowest BCUT2D eigenvalue weighted by molar-refractivity contribution is -0.119. The molecule has 3 aromatic carbocycles. The summed E-state index contributed by atoms with van der Waals surface area (Å²) in [7, 11) is -3.99. The van der Waals surface area contributed by atoms with E-state index >= 15 is 0 Å².